The topological polar surface area (TPSA) is 88.1 Å². The molecule has 3 rings (SSSR count). The van der Waals surface area contributed by atoms with Gasteiger partial charge in [-0.15, -0.1) is 0 Å². The lowest BCUT2D eigenvalue weighted by atomic mass is 9.84. The van der Waals surface area contributed by atoms with E-state index in [-0.39, 0.29) is 41.4 Å². The highest BCUT2D eigenvalue weighted by Crippen LogP contribution is 2.51. The monoisotopic (exact) mass is 379 g/mol. The van der Waals surface area contributed by atoms with Crippen molar-refractivity contribution in [1.82, 2.24) is 10.2 Å². The quantitative estimate of drug-likeness (QED) is 0.443. The molecule has 2 saturated heterocycles. The summed E-state index contributed by atoms with van der Waals surface area (Å²) in [6.07, 6.45) is 4.02. The largest absolute Gasteiger partial charge is 0.366 e. The summed E-state index contributed by atoms with van der Waals surface area (Å²) in [5, 5.41) is 3.08. The molecule has 2 bridgehead atoms. The van der Waals surface area contributed by atoms with Gasteiger partial charge in [0.25, 0.3) is 5.91 Å². The number of nitrogens with one attached hydrogen (secondary N) is 1. The van der Waals surface area contributed by atoms with Crippen LogP contribution in [0.1, 0.15) is 34.1 Å². The van der Waals surface area contributed by atoms with Crippen molar-refractivity contribution in [2.75, 3.05) is 12.8 Å². The van der Waals surface area contributed by atoms with E-state index in [1.165, 1.54) is 18.7 Å². The van der Waals surface area contributed by atoms with Crippen molar-refractivity contribution in [2.24, 2.45) is 16.8 Å². The smallest absolute Gasteiger partial charge is 0.253 e. The number of amidine groups is 1. The third-order valence-electron chi connectivity index (χ3n) is 5.81. The number of aliphatic imine (C=N–C) groups is 1. The maximum Gasteiger partial charge on any atom is 0.253 e. The summed E-state index contributed by atoms with van der Waals surface area (Å²) in [6.45, 7) is 7.98. The molecule has 0 aromatic carbocycles. The molecule has 3 aliphatic heterocycles. The number of fused-ring (bicyclic) bond motifs is 2. The summed E-state index contributed by atoms with van der Waals surface area (Å²) >= 11 is 1.43. The molecule has 3 aliphatic rings. The van der Waals surface area contributed by atoms with Gasteiger partial charge in [-0.25, -0.2) is 0 Å². The first kappa shape index (κ1) is 19.1. The third-order valence-corrected chi connectivity index (χ3v) is 6.50. The fraction of sp³-hybridized carbons (Fsp3) is 0.667. The standard InChI is InChI=1S/C18H25N3O4S/c1-6-18-8-21(17(26-5)19-11(4)22)13(10(18)3)14(25-18)12-7-9(2)15(23)20-16(12)24/h7,10,12-14H,6,8H2,1-5H3,(H,20,23,24)/t10-,12?,13+,14-,18-/m0/s1. The number of imide groups is 1. The minimum absolute atomic E-state index is 0.0755. The molecule has 7 nitrogen and oxygen atoms in total. The van der Waals surface area contributed by atoms with Gasteiger partial charge >= 0.3 is 0 Å². The van der Waals surface area contributed by atoms with E-state index in [0.717, 1.165) is 6.42 Å². The Balaban J connectivity index is 2.00. The predicted octanol–water partition coefficient (Wildman–Crippen LogP) is 1.34. The predicted molar refractivity (Wildman–Crippen MR) is 99.6 cm³/mol. The van der Waals surface area contributed by atoms with E-state index in [1.54, 1.807) is 13.0 Å². The number of amides is 3. The van der Waals surface area contributed by atoms with Gasteiger partial charge in [-0.2, -0.15) is 4.99 Å². The van der Waals surface area contributed by atoms with Crippen LogP contribution in [0.15, 0.2) is 16.6 Å². The zero-order valence-electron chi connectivity index (χ0n) is 15.7. The van der Waals surface area contributed by atoms with Crippen LogP contribution in [-0.4, -0.2) is 58.3 Å². The Labute approximate surface area is 157 Å². The number of hydrogen-bond acceptors (Lipinski definition) is 5. The van der Waals surface area contributed by atoms with Gasteiger partial charge in [0.2, 0.25) is 11.8 Å². The highest BCUT2D eigenvalue weighted by atomic mass is 32.2. The van der Waals surface area contributed by atoms with Gasteiger partial charge in [0.1, 0.15) is 0 Å². The first-order chi connectivity index (χ1) is 12.2. The average molecular weight is 379 g/mol. The van der Waals surface area contributed by atoms with Crippen molar-refractivity contribution >= 4 is 34.7 Å². The molecule has 8 heteroatoms. The van der Waals surface area contributed by atoms with Gasteiger partial charge in [0.05, 0.1) is 23.7 Å². The first-order valence-corrected chi connectivity index (χ1v) is 10.1. The molecule has 5 atom stereocenters. The fourth-order valence-electron chi connectivity index (χ4n) is 4.38. The van der Waals surface area contributed by atoms with Crippen LogP contribution in [0.25, 0.3) is 0 Å². The number of carbonyl (C=O) groups is 3. The lowest BCUT2D eigenvalue weighted by Gasteiger charge is -2.41. The average Bonchev–Trinajstić information content (AvgIpc) is 3.03. The van der Waals surface area contributed by atoms with Gasteiger partial charge in [-0.05, 0) is 19.6 Å². The molecule has 26 heavy (non-hydrogen) atoms. The summed E-state index contributed by atoms with van der Waals surface area (Å²) in [5.41, 5.74) is 0.139. The molecule has 0 aromatic heterocycles. The first-order valence-electron chi connectivity index (χ1n) is 8.85. The number of rotatable bonds is 2. The molecule has 3 amide bonds. The maximum atomic E-state index is 12.5. The van der Waals surface area contributed by atoms with Crippen molar-refractivity contribution < 1.29 is 19.1 Å². The number of ether oxygens (including phenoxy) is 1. The second kappa shape index (κ2) is 6.81. The van der Waals surface area contributed by atoms with Crippen LogP contribution in [0.5, 0.6) is 0 Å². The second-order valence-corrected chi connectivity index (χ2v) is 7.99. The molecule has 0 spiro atoms. The van der Waals surface area contributed by atoms with Crippen molar-refractivity contribution in [2.45, 2.75) is 51.9 Å². The van der Waals surface area contributed by atoms with Crippen molar-refractivity contribution in [3.05, 3.63) is 11.6 Å². The molecule has 1 N–H and O–H groups in total. The minimum atomic E-state index is -0.531. The van der Waals surface area contributed by atoms with E-state index in [9.17, 15) is 14.4 Å². The van der Waals surface area contributed by atoms with Gasteiger partial charge in [-0.3, -0.25) is 19.7 Å². The molecule has 0 aromatic rings. The molecule has 1 unspecified atom stereocenters. The summed E-state index contributed by atoms with van der Waals surface area (Å²) < 4.78 is 6.43. The minimum Gasteiger partial charge on any atom is -0.366 e. The van der Waals surface area contributed by atoms with Crippen molar-refractivity contribution in [3.63, 3.8) is 0 Å². The highest BCUT2D eigenvalue weighted by Gasteiger charge is 2.63. The molecular weight excluding hydrogens is 354 g/mol. The van der Waals surface area contributed by atoms with Gasteiger partial charge in [0.15, 0.2) is 5.17 Å². The van der Waals surface area contributed by atoms with Crippen LogP contribution in [0, 0.1) is 11.8 Å². The molecule has 2 fully saturated rings. The Morgan fingerprint density at radius 3 is 2.73 bits per heavy atom. The number of likely N-dealkylation sites (tertiary alicyclic amines) is 1. The van der Waals surface area contributed by atoms with Gasteiger partial charge in [-0.1, -0.05) is 31.7 Å². The summed E-state index contributed by atoms with van der Waals surface area (Å²) in [5.74, 6) is -1.28. The van der Waals surface area contributed by atoms with E-state index in [4.69, 9.17) is 4.74 Å². The molecule has 3 heterocycles. The normalized spacial score (nSPS) is 37.0. The molecule has 0 radical (unpaired) electrons. The molecular formula is C18H25N3O4S. The van der Waals surface area contributed by atoms with Gasteiger partial charge in [0, 0.05) is 25.0 Å². The van der Waals surface area contributed by atoms with Crippen LogP contribution < -0.4 is 5.32 Å². The summed E-state index contributed by atoms with van der Waals surface area (Å²) in [6, 6.07) is -0.0755. The van der Waals surface area contributed by atoms with E-state index >= 15 is 0 Å². The number of hydrogen-bond donors (Lipinski definition) is 1. The third kappa shape index (κ3) is 2.89. The summed E-state index contributed by atoms with van der Waals surface area (Å²) in [4.78, 5) is 42.0. The van der Waals surface area contributed by atoms with Crippen LogP contribution >= 0.6 is 11.8 Å². The number of thioether (sulfide) groups is 1. The van der Waals surface area contributed by atoms with Crippen LogP contribution in [-0.2, 0) is 19.1 Å². The second-order valence-electron chi connectivity index (χ2n) is 7.22. The van der Waals surface area contributed by atoms with E-state index in [2.05, 4.69) is 29.1 Å². The number of carbonyl (C=O) groups excluding carboxylic acids is 3. The Bertz CT molecular complexity index is 719. The van der Waals surface area contributed by atoms with E-state index in [0.29, 0.717) is 17.3 Å². The molecule has 0 aliphatic carbocycles. The number of morpholine rings is 1. The highest BCUT2D eigenvalue weighted by molar-refractivity contribution is 8.13. The SMILES string of the molecule is CC[C@@]12CN(C(=NC(C)=O)SC)[C@@H]([C@H](C3C=C(C)C(=O)NC3=O)O1)[C@@H]2C. The zero-order valence-corrected chi connectivity index (χ0v) is 16.6. The number of nitrogens with zero attached hydrogens (tertiary/aromatic N) is 2. The summed E-state index contributed by atoms with van der Waals surface area (Å²) in [7, 11) is 0. The zero-order chi connectivity index (χ0) is 19.2. The lowest BCUT2D eigenvalue weighted by Crippen LogP contribution is -2.55. The Morgan fingerprint density at radius 1 is 1.50 bits per heavy atom. The lowest BCUT2D eigenvalue weighted by molar-refractivity contribution is -0.142. The maximum absolute atomic E-state index is 12.5. The van der Waals surface area contributed by atoms with Crippen molar-refractivity contribution in [3.8, 4) is 0 Å². The van der Waals surface area contributed by atoms with E-state index < -0.39 is 5.92 Å². The van der Waals surface area contributed by atoms with Crippen LogP contribution in [0.2, 0.25) is 0 Å². The van der Waals surface area contributed by atoms with E-state index in [1.807, 2.05) is 6.26 Å². The molecule has 142 valence electrons. The van der Waals surface area contributed by atoms with Gasteiger partial charge < -0.3 is 9.64 Å². The fourth-order valence-corrected chi connectivity index (χ4v) is 5.03. The Morgan fingerprint density at radius 2 is 2.19 bits per heavy atom. The molecule has 0 saturated carbocycles. The Hall–Kier alpha value is -1.67. The Kier molecular flexibility index (Phi) is 5.00. The van der Waals surface area contributed by atoms with Crippen LogP contribution in [0.3, 0.4) is 0 Å². The van der Waals surface area contributed by atoms with Crippen LogP contribution in [0.4, 0.5) is 0 Å². The van der Waals surface area contributed by atoms with Crippen molar-refractivity contribution in [1.29, 1.82) is 0 Å².